The topological polar surface area (TPSA) is 130 Å². The number of rotatable bonds is 10. The molecule has 10 nitrogen and oxygen atoms in total. The highest BCUT2D eigenvalue weighted by Crippen LogP contribution is 2.24. The second-order valence-corrected chi connectivity index (χ2v) is 11.6. The molecule has 0 saturated heterocycles. The maximum absolute atomic E-state index is 13.6. The van der Waals surface area contributed by atoms with Gasteiger partial charge in [-0.05, 0) is 43.5 Å². The van der Waals surface area contributed by atoms with E-state index < -0.39 is 33.4 Å². The number of anilines is 1. The lowest BCUT2D eigenvalue weighted by Gasteiger charge is -2.33. The number of halogens is 1. The zero-order chi connectivity index (χ0) is 27.2. The van der Waals surface area contributed by atoms with Crippen LogP contribution >= 0.6 is 11.6 Å². The molecule has 1 saturated carbocycles. The van der Waals surface area contributed by atoms with Crippen molar-refractivity contribution in [3.63, 3.8) is 0 Å². The second-order valence-electron chi connectivity index (χ2n) is 9.21. The molecule has 37 heavy (non-hydrogen) atoms. The van der Waals surface area contributed by atoms with Crippen molar-refractivity contribution in [3.8, 4) is 0 Å². The number of nitrogens with one attached hydrogen (secondary N) is 1. The molecule has 0 spiro atoms. The summed E-state index contributed by atoms with van der Waals surface area (Å²) in [5.74, 6) is -0.950. The number of carbonyl (C=O) groups excluding carboxylic acids is 2. The van der Waals surface area contributed by atoms with Gasteiger partial charge in [-0.25, -0.2) is 8.42 Å². The number of benzene rings is 2. The minimum Gasteiger partial charge on any atom is -0.352 e. The number of hydrogen-bond acceptors (Lipinski definition) is 6. The first-order chi connectivity index (χ1) is 17.5. The van der Waals surface area contributed by atoms with E-state index in [0.717, 1.165) is 48.7 Å². The maximum atomic E-state index is 13.6. The Morgan fingerprint density at radius 2 is 1.78 bits per heavy atom. The Bertz CT molecular complexity index is 1230. The van der Waals surface area contributed by atoms with Crippen LogP contribution in [0.2, 0.25) is 5.02 Å². The van der Waals surface area contributed by atoms with Crippen LogP contribution in [0.15, 0.2) is 48.5 Å². The van der Waals surface area contributed by atoms with Gasteiger partial charge in [-0.3, -0.25) is 24.0 Å². The van der Waals surface area contributed by atoms with Gasteiger partial charge in [0.15, 0.2) is 0 Å². The fourth-order valence-electron chi connectivity index (χ4n) is 4.31. The molecule has 3 rings (SSSR count). The number of carbonyl (C=O) groups is 2. The molecule has 0 unspecified atom stereocenters. The Hall–Kier alpha value is -3.18. The highest BCUT2D eigenvalue weighted by Gasteiger charge is 2.31. The molecule has 0 aromatic heterocycles. The van der Waals surface area contributed by atoms with Crippen LogP contribution in [0, 0.1) is 10.1 Å². The maximum Gasteiger partial charge on any atom is 0.271 e. The van der Waals surface area contributed by atoms with Crippen LogP contribution in [0.25, 0.3) is 0 Å². The predicted molar refractivity (Wildman–Crippen MR) is 142 cm³/mol. The molecule has 0 aliphatic heterocycles. The van der Waals surface area contributed by atoms with Gasteiger partial charge < -0.3 is 10.2 Å². The molecule has 2 aromatic carbocycles. The number of non-ortho nitro benzene ring substituents is 1. The van der Waals surface area contributed by atoms with E-state index in [1.54, 1.807) is 31.2 Å². The van der Waals surface area contributed by atoms with Crippen molar-refractivity contribution in [1.82, 2.24) is 10.2 Å². The van der Waals surface area contributed by atoms with E-state index in [2.05, 4.69) is 5.32 Å². The highest BCUT2D eigenvalue weighted by atomic mass is 35.5. The molecular formula is C25H31ClN4O6S. The SMILES string of the molecule is C[C@@H](C(=O)NC1CCCCC1)N(Cc1ccc(Cl)cc1)C(=O)CN(c1cccc([N+](=O)[O-])c1)S(C)(=O)=O. The molecule has 1 fully saturated rings. The largest absolute Gasteiger partial charge is 0.352 e. The van der Waals surface area contributed by atoms with E-state index in [0.29, 0.717) is 10.6 Å². The van der Waals surface area contributed by atoms with Gasteiger partial charge in [0.05, 0.1) is 16.9 Å². The first-order valence-corrected chi connectivity index (χ1v) is 14.2. The Kier molecular flexibility index (Phi) is 9.50. The minimum absolute atomic E-state index is 0.0178. The fraction of sp³-hybridized carbons (Fsp3) is 0.440. The third-order valence-corrected chi connectivity index (χ3v) is 7.79. The van der Waals surface area contributed by atoms with Crippen molar-refractivity contribution in [2.45, 2.75) is 57.7 Å². The normalized spacial score (nSPS) is 15.0. The first kappa shape index (κ1) is 28.4. The lowest BCUT2D eigenvalue weighted by atomic mass is 9.95. The van der Waals surface area contributed by atoms with E-state index in [1.165, 1.54) is 23.1 Å². The molecule has 0 radical (unpaired) electrons. The summed E-state index contributed by atoms with van der Waals surface area (Å²) in [6, 6.07) is 11.0. The van der Waals surface area contributed by atoms with Gasteiger partial charge >= 0.3 is 0 Å². The number of hydrogen-bond donors (Lipinski definition) is 1. The van der Waals surface area contributed by atoms with Gasteiger partial charge in [0.25, 0.3) is 5.69 Å². The van der Waals surface area contributed by atoms with Crippen molar-refractivity contribution in [1.29, 1.82) is 0 Å². The van der Waals surface area contributed by atoms with E-state index >= 15 is 0 Å². The van der Waals surface area contributed by atoms with E-state index in [9.17, 15) is 28.1 Å². The molecule has 1 N–H and O–H groups in total. The first-order valence-electron chi connectivity index (χ1n) is 12.0. The van der Waals surface area contributed by atoms with Crippen molar-refractivity contribution >= 4 is 44.8 Å². The van der Waals surface area contributed by atoms with Gasteiger partial charge in [-0.2, -0.15) is 0 Å². The molecule has 0 bridgehead atoms. The lowest BCUT2D eigenvalue weighted by molar-refractivity contribution is -0.384. The van der Waals surface area contributed by atoms with Crippen molar-refractivity contribution in [2.24, 2.45) is 0 Å². The summed E-state index contributed by atoms with van der Waals surface area (Å²) in [5.41, 5.74) is 0.379. The summed E-state index contributed by atoms with van der Waals surface area (Å²) in [7, 11) is -3.99. The van der Waals surface area contributed by atoms with Crippen LogP contribution in [0.5, 0.6) is 0 Å². The molecule has 2 amide bonds. The number of sulfonamides is 1. The van der Waals surface area contributed by atoms with Crippen LogP contribution < -0.4 is 9.62 Å². The average molecular weight is 551 g/mol. The number of nitrogens with zero attached hydrogens (tertiary/aromatic N) is 3. The zero-order valence-electron chi connectivity index (χ0n) is 20.8. The van der Waals surface area contributed by atoms with Crippen LogP contribution in [-0.4, -0.2) is 54.9 Å². The van der Waals surface area contributed by atoms with Crippen LogP contribution in [0.4, 0.5) is 11.4 Å². The van der Waals surface area contributed by atoms with E-state index in [-0.39, 0.29) is 29.9 Å². The number of amides is 2. The van der Waals surface area contributed by atoms with Crippen LogP contribution in [0.3, 0.4) is 0 Å². The number of nitro benzene ring substituents is 1. The standard InChI is InChI=1S/C25H31ClN4O6S/c1-18(25(32)27-21-7-4-3-5-8-21)28(16-19-11-13-20(26)14-12-19)24(31)17-29(37(2,35)36)22-9-6-10-23(15-22)30(33)34/h6,9-15,18,21H,3-5,7-8,16-17H2,1-2H3,(H,27,32)/t18-/m0/s1. The summed E-state index contributed by atoms with van der Waals surface area (Å²) >= 11 is 5.99. The Morgan fingerprint density at radius 1 is 1.14 bits per heavy atom. The van der Waals surface area contributed by atoms with Crippen molar-refractivity contribution in [3.05, 3.63) is 69.2 Å². The van der Waals surface area contributed by atoms with Gasteiger partial charge in [-0.1, -0.05) is 49.1 Å². The molecule has 1 atom stereocenters. The minimum atomic E-state index is -3.99. The Labute approximate surface area is 221 Å². The molecule has 1 aliphatic rings. The summed E-state index contributed by atoms with van der Waals surface area (Å²) in [4.78, 5) is 38.6. The summed E-state index contributed by atoms with van der Waals surface area (Å²) < 4.78 is 26.1. The van der Waals surface area contributed by atoms with Crippen molar-refractivity contribution in [2.75, 3.05) is 17.1 Å². The smallest absolute Gasteiger partial charge is 0.271 e. The molecular weight excluding hydrogens is 520 g/mol. The monoisotopic (exact) mass is 550 g/mol. The zero-order valence-corrected chi connectivity index (χ0v) is 22.4. The third-order valence-electron chi connectivity index (χ3n) is 6.39. The van der Waals surface area contributed by atoms with E-state index in [1.807, 2.05) is 0 Å². The molecule has 12 heteroatoms. The molecule has 2 aromatic rings. The summed E-state index contributed by atoms with van der Waals surface area (Å²) in [5, 5.41) is 14.8. The molecule has 1 aliphatic carbocycles. The van der Waals surface area contributed by atoms with Crippen LogP contribution in [-0.2, 0) is 26.2 Å². The van der Waals surface area contributed by atoms with Gasteiger partial charge in [0.1, 0.15) is 12.6 Å². The predicted octanol–water partition coefficient (Wildman–Crippen LogP) is 3.88. The second kappa shape index (κ2) is 12.4. The quantitative estimate of drug-likeness (QED) is 0.353. The highest BCUT2D eigenvalue weighted by molar-refractivity contribution is 7.92. The Balaban J connectivity index is 1.89. The van der Waals surface area contributed by atoms with Gasteiger partial charge in [-0.15, -0.1) is 0 Å². The summed E-state index contributed by atoms with van der Waals surface area (Å²) in [6.45, 7) is 1.01. The van der Waals surface area contributed by atoms with Gasteiger partial charge in [0, 0.05) is 29.7 Å². The average Bonchev–Trinajstić information content (AvgIpc) is 2.86. The number of nitro groups is 1. The lowest BCUT2D eigenvalue weighted by Crippen LogP contribution is -2.52. The van der Waals surface area contributed by atoms with Gasteiger partial charge in [0.2, 0.25) is 21.8 Å². The molecule has 200 valence electrons. The third kappa shape index (κ3) is 7.90. The fourth-order valence-corrected chi connectivity index (χ4v) is 5.28. The van der Waals surface area contributed by atoms with Crippen LogP contribution in [0.1, 0.15) is 44.6 Å². The summed E-state index contributed by atoms with van der Waals surface area (Å²) in [6.07, 6.45) is 5.85. The van der Waals surface area contributed by atoms with Crippen molar-refractivity contribution < 1.29 is 22.9 Å². The molecule has 0 heterocycles. The van der Waals surface area contributed by atoms with E-state index in [4.69, 9.17) is 11.6 Å². The Morgan fingerprint density at radius 3 is 2.38 bits per heavy atom.